The Bertz CT molecular complexity index is 954. The molecular weight excluding hydrogens is 390 g/mol. The fourth-order valence-corrected chi connectivity index (χ4v) is 3.17. The molecule has 2 aromatic rings. The van der Waals surface area contributed by atoms with Gasteiger partial charge in [0.25, 0.3) is 5.91 Å². The molecule has 0 bridgehead atoms. The zero-order chi connectivity index (χ0) is 21.7. The quantitative estimate of drug-likeness (QED) is 0.698. The van der Waals surface area contributed by atoms with Crippen LogP contribution in [0.15, 0.2) is 41.0 Å². The van der Waals surface area contributed by atoms with Gasteiger partial charge in [0.1, 0.15) is 5.76 Å². The summed E-state index contributed by atoms with van der Waals surface area (Å²) in [5.74, 6) is -1.73. The molecule has 0 radical (unpaired) electrons. The van der Waals surface area contributed by atoms with Crippen molar-refractivity contribution in [2.45, 2.75) is 26.8 Å². The second-order valence-corrected chi connectivity index (χ2v) is 7.04. The van der Waals surface area contributed by atoms with Gasteiger partial charge in [-0.2, -0.15) is 0 Å². The number of amides is 4. The van der Waals surface area contributed by atoms with Crippen molar-refractivity contribution in [3.63, 3.8) is 0 Å². The van der Waals surface area contributed by atoms with E-state index in [0.29, 0.717) is 5.76 Å². The largest absolute Gasteiger partial charge is 0.467 e. The topological polar surface area (TPSA) is 118 Å². The molecule has 1 aliphatic heterocycles. The maximum Gasteiger partial charge on any atom is 0.321 e. The maximum absolute atomic E-state index is 12.4. The zero-order valence-electron chi connectivity index (χ0n) is 16.8. The van der Waals surface area contributed by atoms with E-state index >= 15 is 0 Å². The summed E-state index contributed by atoms with van der Waals surface area (Å²) in [4.78, 5) is 49.7. The molecule has 2 heterocycles. The lowest BCUT2D eigenvalue weighted by atomic mass is 10.1. The number of aryl methyl sites for hydroxylation is 1. The summed E-state index contributed by atoms with van der Waals surface area (Å²) in [7, 11) is 0. The minimum atomic E-state index is -0.768. The first kappa shape index (κ1) is 21.1. The maximum atomic E-state index is 12.4. The number of nitrogens with one attached hydrogen (secondary N) is 2. The van der Waals surface area contributed by atoms with Crippen molar-refractivity contribution in [3.05, 3.63) is 53.5 Å². The van der Waals surface area contributed by atoms with E-state index < -0.39 is 30.4 Å². The summed E-state index contributed by atoms with van der Waals surface area (Å²) in [6, 6.07) is 8.27. The summed E-state index contributed by atoms with van der Waals surface area (Å²) in [5, 5.41) is 4.50. The van der Waals surface area contributed by atoms with Gasteiger partial charge < -0.3 is 19.4 Å². The number of esters is 1. The lowest BCUT2D eigenvalue weighted by molar-refractivity contribution is -0.152. The predicted octanol–water partition coefficient (Wildman–Crippen LogP) is 1.82. The van der Waals surface area contributed by atoms with Crippen molar-refractivity contribution in [3.8, 4) is 0 Å². The van der Waals surface area contributed by atoms with Gasteiger partial charge in [-0.15, -0.1) is 0 Å². The number of furan rings is 1. The van der Waals surface area contributed by atoms with Gasteiger partial charge in [-0.1, -0.05) is 12.1 Å². The molecule has 3 rings (SSSR count). The van der Waals surface area contributed by atoms with Crippen LogP contribution in [0.25, 0.3) is 0 Å². The molecule has 0 saturated carbocycles. The molecule has 1 atom stereocenters. The van der Waals surface area contributed by atoms with Gasteiger partial charge in [-0.25, -0.2) is 4.79 Å². The Morgan fingerprint density at radius 2 is 2.00 bits per heavy atom. The number of rotatable bonds is 6. The molecule has 1 fully saturated rings. The Morgan fingerprint density at radius 3 is 2.73 bits per heavy atom. The van der Waals surface area contributed by atoms with Crippen molar-refractivity contribution in [2.24, 2.45) is 5.92 Å². The smallest absolute Gasteiger partial charge is 0.321 e. The minimum absolute atomic E-state index is 0.0114. The number of nitrogens with zero attached hydrogens (tertiary/aromatic N) is 1. The van der Waals surface area contributed by atoms with E-state index in [9.17, 15) is 19.2 Å². The van der Waals surface area contributed by atoms with E-state index in [-0.39, 0.29) is 25.4 Å². The normalized spacial score (nSPS) is 15.7. The fraction of sp³-hybridized carbons (Fsp3) is 0.333. The fourth-order valence-electron chi connectivity index (χ4n) is 3.17. The van der Waals surface area contributed by atoms with Crippen molar-refractivity contribution in [1.82, 2.24) is 10.6 Å². The van der Waals surface area contributed by atoms with Crippen LogP contribution in [-0.2, 0) is 25.7 Å². The first-order valence-corrected chi connectivity index (χ1v) is 9.48. The molecule has 9 nitrogen and oxygen atoms in total. The van der Waals surface area contributed by atoms with Gasteiger partial charge in [-0.3, -0.25) is 19.7 Å². The molecular formula is C21H23N3O6. The predicted molar refractivity (Wildman–Crippen MR) is 106 cm³/mol. The first-order valence-electron chi connectivity index (χ1n) is 9.48. The average molecular weight is 413 g/mol. The summed E-state index contributed by atoms with van der Waals surface area (Å²) in [5.41, 5.74) is 2.79. The van der Waals surface area contributed by atoms with E-state index in [1.54, 1.807) is 17.0 Å². The van der Waals surface area contributed by atoms with Crippen LogP contribution < -0.4 is 15.5 Å². The first-order chi connectivity index (χ1) is 14.3. The number of hydrogen-bond donors (Lipinski definition) is 2. The van der Waals surface area contributed by atoms with Crippen LogP contribution in [0.2, 0.25) is 0 Å². The highest BCUT2D eigenvalue weighted by Crippen LogP contribution is 2.29. The lowest BCUT2D eigenvalue weighted by Gasteiger charge is -2.20. The molecule has 0 spiro atoms. The number of anilines is 1. The van der Waals surface area contributed by atoms with E-state index in [4.69, 9.17) is 9.15 Å². The molecule has 1 aromatic heterocycles. The van der Waals surface area contributed by atoms with Crippen LogP contribution >= 0.6 is 0 Å². The van der Waals surface area contributed by atoms with Crippen LogP contribution in [0.5, 0.6) is 0 Å². The van der Waals surface area contributed by atoms with Gasteiger partial charge in [0.05, 0.1) is 18.7 Å². The minimum Gasteiger partial charge on any atom is -0.467 e. The SMILES string of the molecule is Cc1cccc(N2C[C@H](C(=O)OCC(=O)NC(=O)NCc3ccco3)CC2=O)c1C. The Morgan fingerprint density at radius 1 is 1.20 bits per heavy atom. The molecule has 4 amide bonds. The van der Waals surface area contributed by atoms with Gasteiger partial charge in [0, 0.05) is 18.7 Å². The highest BCUT2D eigenvalue weighted by atomic mass is 16.5. The van der Waals surface area contributed by atoms with Gasteiger partial charge in [-0.05, 0) is 43.2 Å². The van der Waals surface area contributed by atoms with Crippen molar-refractivity contribution >= 4 is 29.5 Å². The summed E-state index contributed by atoms with van der Waals surface area (Å²) >= 11 is 0. The number of carbonyl (C=O) groups excluding carboxylic acids is 4. The van der Waals surface area contributed by atoms with E-state index in [2.05, 4.69) is 10.6 Å². The molecule has 1 saturated heterocycles. The van der Waals surface area contributed by atoms with Crippen molar-refractivity contribution < 1.29 is 28.3 Å². The Labute approximate surface area is 173 Å². The third-order valence-corrected chi connectivity index (χ3v) is 4.93. The van der Waals surface area contributed by atoms with Crippen LogP contribution in [-0.4, -0.2) is 37.0 Å². The van der Waals surface area contributed by atoms with E-state index in [1.165, 1.54) is 6.26 Å². The highest BCUT2D eigenvalue weighted by Gasteiger charge is 2.37. The Hall–Kier alpha value is -3.62. The van der Waals surface area contributed by atoms with Crippen LogP contribution in [0.3, 0.4) is 0 Å². The van der Waals surface area contributed by atoms with Gasteiger partial charge in [0.15, 0.2) is 6.61 Å². The standard InChI is InChI=1S/C21H23N3O6/c1-13-5-3-7-17(14(13)2)24-11-15(9-19(24)26)20(27)30-12-18(25)23-21(28)22-10-16-6-4-8-29-16/h3-8,15H,9-12H2,1-2H3,(H2,22,23,25,28)/t15-/m1/s1. The highest BCUT2D eigenvalue weighted by molar-refractivity contribution is 6.00. The second kappa shape index (κ2) is 9.25. The summed E-state index contributed by atoms with van der Waals surface area (Å²) in [6.45, 7) is 3.57. The number of hydrogen-bond acceptors (Lipinski definition) is 6. The van der Waals surface area contributed by atoms with Crippen molar-refractivity contribution in [1.29, 1.82) is 0 Å². The number of benzene rings is 1. The molecule has 1 aromatic carbocycles. The number of imide groups is 1. The Kier molecular flexibility index (Phi) is 6.51. The molecule has 158 valence electrons. The van der Waals surface area contributed by atoms with Crippen LogP contribution in [0.4, 0.5) is 10.5 Å². The average Bonchev–Trinajstić information content (AvgIpc) is 3.36. The number of ether oxygens (including phenoxy) is 1. The molecule has 2 N–H and O–H groups in total. The zero-order valence-corrected chi connectivity index (χ0v) is 16.8. The van der Waals surface area contributed by atoms with Gasteiger partial charge >= 0.3 is 12.0 Å². The molecule has 9 heteroatoms. The second-order valence-electron chi connectivity index (χ2n) is 7.04. The van der Waals surface area contributed by atoms with E-state index in [1.807, 2.05) is 32.0 Å². The lowest BCUT2D eigenvalue weighted by Crippen LogP contribution is -2.41. The Balaban J connectivity index is 1.45. The number of urea groups is 1. The molecule has 30 heavy (non-hydrogen) atoms. The molecule has 0 aliphatic carbocycles. The third-order valence-electron chi connectivity index (χ3n) is 4.93. The monoisotopic (exact) mass is 413 g/mol. The van der Waals surface area contributed by atoms with Crippen molar-refractivity contribution in [2.75, 3.05) is 18.1 Å². The third kappa shape index (κ3) is 5.05. The van der Waals surface area contributed by atoms with E-state index in [0.717, 1.165) is 16.8 Å². The molecule has 0 unspecified atom stereocenters. The van der Waals surface area contributed by atoms with Crippen LogP contribution in [0.1, 0.15) is 23.3 Å². The summed E-state index contributed by atoms with van der Waals surface area (Å²) < 4.78 is 10.1. The van der Waals surface area contributed by atoms with Crippen LogP contribution in [0, 0.1) is 19.8 Å². The summed E-state index contributed by atoms with van der Waals surface area (Å²) in [6.07, 6.45) is 1.48. The molecule has 1 aliphatic rings. The van der Waals surface area contributed by atoms with Gasteiger partial charge in [0.2, 0.25) is 5.91 Å². The number of carbonyl (C=O) groups is 4.